The molecule has 0 bridgehead atoms. The van der Waals surface area contributed by atoms with E-state index in [0.29, 0.717) is 12.2 Å². The summed E-state index contributed by atoms with van der Waals surface area (Å²) in [6.07, 6.45) is 2.72. The molecular weight excluding hydrogens is 258 g/mol. The van der Waals surface area contributed by atoms with Crippen LogP contribution in [0.3, 0.4) is 0 Å². The molecule has 0 saturated heterocycles. The first-order chi connectivity index (χ1) is 9.16. The molecule has 1 atom stereocenters. The summed E-state index contributed by atoms with van der Waals surface area (Å²) >= 11 is 1.69. The molecule has 0 spiro atoms. The Labute approximate surface area is 117 Å². The number of rotatable bonds is 6. The van der Waals surface area contributed by atoms with Gasteiger partial charge in [-0.3, -0.25) is 4.79 Å². The number of nitrogens with zero attached hydrogens (tertiary/aromatic N) is 1. The summed E-state index contributed by atoms with van der Waals surface area (Å²) in [6.45, 7) is 3.28. The molecule has 3 N–H and O–H groups in total. The van der Waals surface area contributed by atoms with Crippen molar-refractivity contribution in [3.8, 4) is 0 Å². The van der Waals surface area contributed by atoms with Crippen molar-refractivity contribution in [1.82, 2.24) is 9.88 Å². The Morgan fingerprint density at radius 3 is 3.00 bits per heavy atom. The highest BCUT2D eigenvalue weighted by atomic mass is 32.1. The molecule has 2 aromatic rings. The monoisotopic (exact) mass is 277 g/mol. The van der Waals surface area contributed by atoms with Crippen molar-refractivity contribution in [1.29, 1.82) is 0 Å². The summed E-state index contributed by atoms with van der Waals surface area (Å²) < 4.78 is 1.97. The van der Waals surface area contributed by atoms with E-state index in [1.807, 2.05) is 41.3 Å². The van der Waals surface area contributed by atoms with E-state index in [4.69, 9.17) is 5.73 Å². The molecule has 0 aliphatic carbocycles. The van der Waals surface area contributed by atoms with Gasteiger partial charge >= 0.3 is 0 Å². The first kappa shape index (κ1) is 13.8. The third kappa shape index (κ3) is 3.94. The molecular formula is C14H19N3OS. The Kier molecular flexibility index (Phi) is 4.76. The maximum Gasteiger partial charge on any atom is 0.267 e. The summed E-state index contributed by atoms with van der Waals surface area (Å²) in [7, 11) is 0. The van der Waals surface area contributed by atoms with E-state index >= 15 is 0 Å². The molecule has 0 fully saturated rings. The number of carbonyl (C=O) groups excluding carboxylic acids is 1. The van der Waals surface area contributed by atoms with Crippen molar-refractivity contribution in [3.63, 3.8) is 0 Å². The Balaban J connectivity index is 1.96. The molecule has 0 aliphatic heterocycles. The topological polar surface area (TPSA) is 60.0 Å². The van der Waals surface area contributed by atoms with Gasteiger partial charge in [-0.1, -0.05) is 6.07 Å². The van der Waals surface area contributed by atoms with Crippen molar-refractivity contribution in [2.75, 3.05) is 6.54 Å². The van der Waals surface area contributed by atoms with E-state index < -0.39 is 0 Å². The van der Waals surface area contributed by atoms with Crippen LogP contribution in [-0.2, 0) is 6.54 Å². The third-order valence-corrected chi connectivity index (χ3v) is 3.71. The van der Waals surface area contributed by atoms with Crippen LogP contribution in [0.4, 0.5) is 0 Å². The normalized spacial score (nSPS) is 12.3. The summed E-state index contributed by atoms with van der Waals surface area (Å²) in [5, 5.41) is 4.94. The number of hydrogen-bond acceptors (Lipinski definition) is 3. The fourth-order valence-corrected chi connectivity index (χ4v) is 2.54. The number of nitrogens with one attached hydrogen (secondary N) is 1. The molecule has 19 heavy (non-hydrogen) atoms. The van der Waals surface area contributed by atoms with Crippen molar-refractivity contribution < 1.29 is 4.79 Å². The number of amides is 1. The first-order valence-electron chi connectivity index (χ1n) is 6.38. The van der Waals surface area contributed by atoms with E-state index in [2.05, 4.69) is 11.4 Å². The highest BCUT2D eigenvalue weighted by molar-refractivity contribution is 7.09. The SMILES string of the molecule is CC(N)CCNC(=O)c1cccn1Cc1cccs1. The van der Waals surface area contributed by atoms with Crippen LogP contribution >= 0.6 is 11.3 Å². The Morgan fingerprint density at radius 2 is 2.32 bits per heavy atom. The van der Waals surface area contributed by atoms with Gasteiger partial charge in [0, 0.05) is 23.7 Å². The summed E-state index contributed by atoms with van der Waals surface area (Å²) in [4.78, 5) is 13.3. The van der Waals surface area contributed by atoms with E-state index in [-0.39, 0.29) is 11.9 Å². The van der Waals surface area contributed by atoms with Crippen LogP contribution in [0.5, 0.6) is 0 Å². The van der Waals surface area contributed by atoms with E-state index in [0.717, 1.165) is 13.0 Å². The number of hydrogen-bond donors (Lipinski definition) is 2. The van der Waals surface area contributed by atoms with Crippen molar-refractivity contribution >= 4 is 17.2 Å². The fraction of sp³-hybridized carbons (Fsp3) is 0.357. The van der Waals surface area contributed by atoms with Crippen molar-refractivity contribution in [3.05, 3.63) is 46.4 Å². The number of nitrogens with two attached hydrogens (primary N) is 1. The number of aromatic nitrogens is 1. The molecule has 1 unspecified atom stereocenters. The Hall–Kier alpha value is -1.59. The van der Waals surface area contributed by atoms with Crippen LogP contribution < -0.4 is 11.1 Å². The standard InChI is InChI=1S/C14H19N3OS/c1-11(15)6-7-16-14(18)13-5-2-8-17(13)10-12-4-3-9-19-12/h2-5,8-9,11H,6-7,10,15H2,1H3,(H,16,18). The fourth-order valence-electron chi connectivity index (χ4n) is 1.83. The molecule has 5 heteroatoms. The van der Waals surface area contributed by atoms with Gasteiger partial charge in [0.2, 0.25) is 0 Å². The molecule has 2 aromatic heterocycles. The summed E-state index contributed by atoms with van der Waals surface area (Å²) in [5.41, 5.74) is 6.36. The molecule has 4 nitrogen and oxygen atoms in total. The van der Waals surface area contributed by atoms with Gasteiger partial charge in [0.05, 0.1) is 6.54 Å². The molecule has 0 aromatic carbocycles. The lowest BCUT2D eigenvalue weighted by molar-refractivity contribution is 0.0944. The third-order valence-electron chi connectivity index (χ3n) is 2.85. The van der Waals surface area contributed by atoms with Crippen LogP contribution in [0, 0.1) is 0 Å². The number of thiophene rings is 1. The molecule has 2 heterocycles. The van der Waals surface area contributed by atoms with Gasteiger partial charge in [0.1, 0.15) is 5.69 Å². The number of carbonyl (C=O) groups is 1. The van der Waals surface area contributed by atoms with Gasteiger partial charge < -0.3 is 15.6 Å². The van der Waals surface area contributed by atoms with E-state index in [1.165, 1.54) is 4.88 Å². The minimum absolute atomic E-state index is 0.0396. The van der Waals surface area contributed by atoms with Crippen LogP contribution in [-0.4, -0.2) is 23.1 Å². The van der Waals surface area contributed by atoms with Gasteiger partial charge in [0.15, 0.2) is 0 Å². The first-order valence-corrected chi connectivity index (χ1v) is 7.26. The van der Waals surface area contributed by atoms with Crippen LogP contribution in [0.2, 0.25) is 0 Å². The quantitative estimate of drug-likeness (QED) is 0.849. The van der Waals surface area contributed by atoms with Crippen LogP contribution in [0.15, 0.2) is 35.8 Å². The zero-order chi connectivity index (χ0) is 13.7. The van der Waals surface area contributed by atoms with E-state index in [9.17, 15) is 4.79 Å². The minimum Gasteiger partial charge on any atom is -0.351 e. The van der Waals surface area contributed by atoms with Crippen LogP contribution in [0.25, 0.3) is 0 Å². The summed E-state index contributed by atoms with van der Waals surface area (Å²) in [5.74, 6) is -0.0396. The molecule has 1 amide bonds. The largest absolute Gasteiger partial charge is 0.351 e. The molecule has 0 aliphatic rings. The predicted octanol–water partition coefficient (Wildman–Crippen LogP) is 2.06. The highest BCUT2D eigenvalue weighted by Crippen LogP contribution is 2.13. The maximum atomic E-state index is 12.1. The smallest absolute Gasteiger partial charge is 0.267 e. The van der Waals surface area contributed by atoms with Gasteiger partial charge in [-0.05, 0) is 36.9 Å². The van der Waals surface area contributed by atoms with Crippen LogP contribution in [0.1, 0.15) is 28.7 Å². The predicted molar refractivity (Wildman–Crippen MR) is 78.5 cm³/mol. The maximum absolute atomic E-state index is 12.1. The second-order valence-electron chi connectivity index (χ2n) is 4.62. The molecule has 0 saturated carbocycles. The second-order valence-corrected chi connectivity index (χ2v) is 5.65. The Bertz CT molecular complexity index is 517. The van der Waals surface area contributed by atoms with E-state index in [1.54, 1.807) is 11.3 Å². The molecule has 2 rings (SSSR count). The lowest BCUT2D eigenvalue weighted by atomic mass is 10.2. The lowest BCUT2D eigenvalue weighted by Gasteiger charge is -2.10. The van der Waals surface area contributed by atoms with Crippen molar-refractivity contribution in [2.24, 2.45) is 5.73 Å². The Morgan fingerprint density at radius 1 is 1.47 bits per heavy atom. The summed E-state index contributed by atoms with van der Waals surface area (Å²) in [6, 6.07) is 7.94. The van der Waals surface area contributed by atoms with Gasteiger partial charge in [0.25, 0.3) is 5.91 Å². The lowest BCUT2D eigenvalue weighted by Crippen LogP contribution is -2.30. The second kappa shape index (κ2) is 6.54. The zero-order valence-electron chi connectivity index (χ0n) is 11.0. The molecule has 0 radical (unpaired) electrons. The van der Waals surface area contributed by atoms with Gasteiger partial charge in [-0.2, -0.15) is 0 Å². The minimum atomic E-state index is -0.0396. The average molecular weight is 277 g/mol. The van der Waals surface area contributed by atoms with Gasteiger partial charge in [-0.25, -0.2) is 0 Å². The van der Waals surface area contributed by atoms with Crippen molar-refractivity contribution in [2.45, 2.75) is 25.9 Å². The molecule has 102 valence electrons. The average Bonchev–Trinajstić information content (AvgIpc) is 3.00. The van der Waals surface area contributed by atoms with Gasteiger partial charge in [-0.15, -0.1) is 11.3 Å². The highest BCUT2D eigenvalue weighted by Gasteiger charge is 2.10. The zero-order valence-corrected chi connectivity index (χ0v) is 11.8.